The van der Waals surface area contributed by atoms with Crippen LogP contribution in [0.2, 0.25) is 0 Å². The zero-order valence-electron chi connectivity index (χ0n) is 9.38. The fourth-order valence-corrected chi connectivity index (χ4v) is 1.51. The summed E-state index contributed by atoms with van der Waals surface area (Å²) in [5, 5.41) is 27.4. The molecule has 0 saturated carbocycles. The van der Waals surface area contributed by atoms with E-state index in [2.05, 4.69) is 0 Å². The number of carboxylic acid groups (broad SMARTS) is 1. The predicted octanol–water partition coefficient (Wildman–Crippen LogP) is 1.20. The van der Waals surface area contributed by atoms with Crippen LogP contribution in [-0.2, 0) is 0 Å². The fourth-order valence-electron chi connectivity index (χ4n) is 1.51. The van der Waals surface area contributed by atoms with E-state index in [1.165, 1.54) is 12.1 Å². The van der Waals surface area contributed by atoms with Crippen LogP contribution in [0.25, 0.3) is 0 Å². The third-order valence-electron chi connectivity index (χ3n) is 2.42. The number of phenolic OH excluding ortho intramolecular Hbond substituents is 1. The molecular formula is C11H16ClNO4. The van der Waals surface area contributed by atoms with Crippen molar-refractivity contribution in [3.63, 3.8) is 0 Å². The Morgan fingerprint density at radius 3 is 2.53 bits per heavy atom. The standard InChI is InChI=1S/C11H15NO4.ClH/c1-6-4-7(11(15)16)5-8(10(6)14)9(12)2-3-13;/h4-5,9,13-14H,2-3,12H2,1H3,(H,15,16);1H/t9-;/m1./s1. The third-order valence-corrected chi connectivity index (χ3v) is 2.42. The van der Waals surface area contributed by atoms with Crippen LogP contribution in [0.1, 0.15) is 33.9 Å². The number of hydrogen-bond donors (Lipinski definition) is 4. The van der Waals surface area contributed by atoms with Gasteiger partial charge in [-0.2, -0.15) is 0 Å². The first-order valence-corrected chi connectivity index (χ1v) is 4.90. The predicted molar refractivity (Wildman–Crippen MR) is 65.7 cm³/mol. The number of rotatable bonds is 4. The van der Waals surface area contributed by atoms with Crippen LogP contribution in [0.4, 0.5) is 0 Å². The molecule has 96 valence electrons. The van der Waals surface area contributed by atoms with Crippen molar-refractivity contribution in [2.45, 2.75) is 19.4 Å². The second-order valence-electron chi connectivity index (χ2n) is 3.65. The number of phenols is 1. The summed E-state index contributed by atoms with van der Waals surface area (Å²) in [7, 11) is 0. The highest BCUT2D eigenvalue weighted by Crippen LogP contribution is 2.29. The number of aromatic carboxylic acids is 1. The van der Waals surface area contributed by atoms with Gasteiger partial charge in [-0.25, -0.2) is 4.79 Å². The van der Waals surface area contributed by atoms with E-state index in [1.807, 2.05) is 0 Å². The zero-order chi connectivity index (χ0) is 12.3. The number of halogens is 1. The average Bonchev–Trinajstić information content (AvgIpc) is 2.21. The molecule has 1 rings (SSSR count). The quantitative estimate of drug-likeness (QED) is 0.652. The number of aliphatic hydroxyl groups is 1. The molecule has 0 aliphatic carbocycles. The van der Waals surface area contributed by atoms with E-state index >= 15 is 0 Å². The van der Waals surface area contributed by atoms with Crippen molar-refractivity contribution in [3.8, 4) is 5.75 Å². The van der Waals surface area contributed by atoms with Crippen LogP contribution >= 0.6 is 12.4 Å². The highest BCUT2D eigenvalue weighted by molar-refractivity contribution is 5.88. The van der Waals surface area contributed by atoms with Crippen LogP contribution < -0.4 is 5.73 Å². The maximum atomic E-state index is 10.8. The molecule has 0 saturated heterocycles. The van der Waals surface area contributed by atoms with Crippen LogP contribution in [-0.4, -0.2) is 27.9 Å². The smallest absolute Gasteiger partial charge is 0.335 e. The van der Waals surface area contributed by atoms with E-state index in [-0.39, 0.29) is 36.7 Å². The van der Waals surface area contributed by atoms with Gasteiger partial charge in [0.25, 0.3) is 0 Å². The lowest BCUT2D eigenvalue weighted by molar-refractivity contribution is 0.0696. The normalized spacial score (nSPS) is 11.7. The Morgan fingerprint density at radius 2 is 2.06 bits per heavy atom. The van der Waals surface area contributed by atoms with Crippen molar-refractivity contribution >= 4 is 18.4 Å². The first-order chi connectivity index (χ1) is 7.47. The monoisotopic (exact) mass is 261 g/mol. The number of carboxylic acids is 1. The van der Waals surface area contributed by atoms with Crippen LogP contribution in [0.3, 0.4) is 0 Å². The largest absolute Gasteiger partial charge is 0.507 e. The van der Waals surface area contributed by atoms with Gasteiger partial charge in [0.15, 0.2) is 0 Å². The second-order valence-corrected chi connectivity index (χ2v) is 3.65. The summed E-state index contributed by atoms with van der Waals surface area (Å²) in [5.41, 5.74) is 6.63. The van der Waals surface area contributed by atoms with E-state index < -0.39 is 12.0 Å². The number of carbonyl (C=O) groups is 1. The molecule has 0 heterocycles. The Morgan fingerprint density at radius 1 is 1.47 bits per heavy atom. The van der Waals surface area contributed by atoms with Gasteiger partial charge < -0.3 is 21.1 Å². The minimum absolute atomic E-state index is 0. The molecule has 0 aliphatic rings. The minimum atomic E-state index is -1.07. The lowest BCUT2D eigenvalue weighted by atomic mass is 9.98. The Hall–Kier alpha value is -1.30. The molecule has 1 aromatic carbocycles. The lowest BCUT2D eigenvalue weighted by Gasteiger charge is -2.14. The molecule has 0 unspecified atom stereocenters. The van der Waals surface area contributed by atoms with Gasteiger partial charge in [0, 0.05) is 18.2 Å². The SMILES string of the molecule is Cc1cc(C(=O)O)cc([C@H](N)CCO)c1O.Cl. The number of aliphatic hydroxyl groups excluding tert-OH is 1. The summed E-state index contributed by atoms with van der Waals surface area (Å²) in [4.78, 5) is 10.8. The molecule has 17 heavy (non-hydrogen) atoms. The van der Waals surface area contributed by atoms with Gasteiger partial charge in [0.1, 0.15) is 5.75 Å². The molecule has 5 N–H and O–H groups in total. The van der Waals surface area contributed by atoms with Crippen molar-refractivity contribution in [2.24, 2.45) is 5.73 Å². The first-order valence-electron chi connectivity index (χ1n) is 4.90. The lowest BCUT2D eigenvalue weighted by Crippen LogP contribution is -2.13. The molecular weight excluding hydrogens is 246 g/mol. The molecule has 0 amide bonds. The summed E-state index contributed by atoms with van der Waals surface area (Å²) in [5.74, 6) is -1.08. The molecule has 6 heteroatoms. The van der Waals surface area contributed by atoms with Crippen LogP contribution in [0.15, 0.2) is 12.1 Å². The fraction of sp³-hybridized carbons (Fsp3) is 0.364. The summed E-state index contributed by atoms with van der Waals surface area (Å²) in [6, 6.07) is 2.15. The maximum Gasteiger partial charge on any atom is 0.335 e. The molecule has 5 nitrogen and oxygen atoms in total. The van der Waals surface area contributed by atoms with Gasteiger partial charge in [0.05, 0.1) is 5.56 Å². The number of hydrogen-bond acceptors (Lipinski definition) is 4. The minimum Gasteiger partial charge on any atom is -0.507 e. The summed E-state index contributed by atoms with van der Waals surface area (Å²) in [6.07, 6.45) is 0.274. The summed E-state index contributed by atoms with van der Waals surface area (Å²) in [6.45, 7) is 1.49. The van der Waals surface area contributed by atoms with E-state index in [9.17, 15) is 9.90 Å². The van der Waals surface area contributed by atoms with Crippen molar-refractivity contribution in [1.82, 2.24) is 0 Å². The van der Waals surface area contributed by atoms with Gasteiger partial charge in [-0.1, -0.05) is 0 Å². The van der Waals surface area contributed by atoms with Crippen molar-refractivity contribution in [3.05, 3.63) is 28.8 Å². The van der Waals surface area contributed by atoms with Gasteiger partial charge in [-0.05, 0) is 31.0 Å². The number of nitrogens with two attached hydrogens (primary N) is 1. The van der Waals surface area contributed by atoms with Crippen molar-refractivity contribution in [2.75, 3.05) is 6.61 Å². The highest BCUT2D eigenvalue weighted by Gasteiger charge is 2.16. The maximum absolute atomic E-state index is 10.8. The Bertz CT molecular complexity index is 409. The van der Waals surface area contributed by atoms with Gasteiger partial charge in [-0.3, -0.25) is 0 Å². The molecule has 0 radical (unpaired) electrons. The van der Waals surface area contributed by atoms with E-state index in [0.717, 1.165) is 0 Å². The van der Waals surface area contributed by atoms with Gasteiger partial charge in [0.2, 0.25) is 0 Å². The van der Waals surface area contributed by atoms with Crippen LogP contribution in [0, 0.1) is 6.92 Å². The van der Waals surface area contributed by atoms with E-state index in [0.29, 0.717) is 11.1 Å². The number of benzene rings is 1. The van der Waals surface area contributed by atoms with Gasteiger partial charge in [-0.15, -0.1) is 12.4 Å². The summed E-state index contributed by atoms with van der Waals surface area (Å²) < 4.78 is 0. The molecule has 0 aromatic heterocycles. The Labute approximate surface area is 105 Å². The molecule has 0 spiro atoms. The molecule has 0 bridgehead atoms. The third kappa shape index (κ3) is 3.59. The van der Waals surface area contributed by atoms with Crippen LogP contribution in [0.5, 0.6) is 5.75 Å². The molecule has 0 aliphatic heterocycles. The first kappa shape index (κ1) is 15.7. The van der Waals surface area contributed by atoms with E-state index in [4.69, 9.17) is 15.9 Å². The number of aryl methyl sites for hydroxylation is 1. The zero-order valence-corrected chi connectivity index (χ0v) is 10.2. The van der Waals surface area contributed by atoms with Gasteiger partial charge >= 0.3 is 5.97 Å². The second kappa shape index (κ2) is 6.44. The molecule has 0 fully saturated rings. The Balaban J connectivity index is 0.00000256. The van der Waals surface area contributed by atoms with Crippen molar-refractivity contribution in [1.29, 1.82) is 0 Å². The highest BCUT2D eigenvalue weighted by atomic mass is 35.5. The Kier molecular flexibility index (Phi) is 5.95. The summed E-state index contributed by atoms with van der Waals surface area (Å²) >= 11 is 0. The molecule has 1 atom stereocenters. The number of aromatic hydroxyl groups is 1. The van der Waals surface area contributed by atoms with Crippen molar-refractivity contribution < 1.29 is 20.1 Å². The average molecular weight is 262 g/mol. The topological polar surface area (TPSA) is 104 Å². The molecule has 1 aromatic rings. The van der Waals surface area contributed by atoms with E-state index in [1.54, 1.807) is 6.92 Å².